The second-order valence-electron chi connectivity index (χ2n) is 3.01. The zero-order chi connectivity index (χ0) is 11.4. The van der Waals surface area contributed by atoms with E-state index in [1.54, 1.807) is 30.3 Å². The first-order valence-electron chi connectivity index (χ1n) is 4.24. The van der Waals surface area contributed by atoms with Crippen molar-refractivity contribution in [2.24, 2.45) is 0 Å². The lowest BCUT2D eigenvalue weighted by molar-refractivity contribution is -0.141. The highest BCUT2D eigenvalue weighted by molar-refractivity contribution is 5.96. The monoisotopic (exact) mass is 206 g/mol. The van der Waals surface area contributed by atoms with Crippen molar-refractivity contribution in [2.45, 2.75) is 5.92 Å². The van der Waals surface area contributed by atoms with Crippen LogP contribution in [-0.4, -0.2) is 22.2 Å². The largest absolute Gasteiger partial charge is 0.481 e. The van der Waals surface area contributed by atoms with Crippen LogP contribution >= 0.6 is 0 Å². The Hall–Kier alpha value is -2.10. The van der Waals surface area contributed by atoms with Crippen LogP contribution < -0.4 is 0 Å². The van der Waals surface area contributed by atoms with Crippen LogP contribution in [0.3, 0.4) is 0 Å². The number of aliphatic carboxylic acids is 2. The average molecular weight is 206 g/mol. The summed E-state index contributed by atoms with van der Waals surface area (Å²) in [5.41, 5.74) is 0.0751. The third kappa shape index (κ3) is 2.43. The highest BCUT2D eigenvalue weighted by Gasteiger charge is 2.26. The topological polar surface area (TPSA) is 74.6 Å². The van der Waals surface area contributed by atoms with Crippen LogP contribution in [0.25, 0.3) is 0 Å². The lowest BCUT2D eigenvalue weighted by Crippen LogP contribution is -2.18. The van der Waals surface area contributed by atoms with Gasteiger partial charge in [-0.2, -0.15) is 0 Å². The standard InChI is InChI=1S/C11H10O4/c1-7(10(12)13)9(11(14)15)8-5-3-2-4-6-8/h2-6,9H,1H2,(H,12,13)(H,14,15). The van der Waals surface area contributed by atoms with Crippen LogP contribution in [0.1, 0.15) is 11.5 Å². The van der Waals surface area contributed by atoms with Gasteiger partial charge in [0.05, 0.1) is 0 Å². The Bertz CT molecular complexity index is 394. The predicted molar refractivity (Wildman–Crippen MR) is 53.6 cm³/mol. The first-order valence-corrected chi connectivity index (χ1v) is 4.24. The van der Waals surface area contributed by atoms with Gasteiger partial charge in [-0.3, -0.25) is 4.79 Å². The molecule has 1 aromatic carbocycles. The molecular formula is C11H10O4. The maximum absolute atomic E-state index is 10.9. The summed E-state index contributed by atoms with van der Waals surface area (Å²) in [6.07, 6.45) is 0. The van der Waals surface area contributed by atoms with Gasteiger partial charge in [0.2, 0.25) is 0 Å². The number of hydrogen-bond acceptors (Lipinski definition) is 2. The van der Waals surface area contributed by atoms with Crippen LogP contribution in [-0.2, 0) is 9.59 Å². The van der Waals surface area contributed by atoms with Gasteiger partial charge in [-0.15, -0.1) is 0 Å². The Balaban J connectivity index is 3.10. The molecule has 1 aromatic rings. The fourth-order valence-electron chi connectivity index (χ4n) is 1.26. The van der Waals surface area contributed by atoms with E-state index in [4.69, 9.17) is 10.2 Å². The van der Waals surface area contributed by atoms with Crippen LogP contribution in [0.4, 0.5) is 0 Å². The van der Waals surface area contributed by atoms with Crippen molar-refractivity contribution < 1.29 is 19.8 Å². The van der Waals surface area contributed by atoms with E-state index >= 15 is 0 Å². The zero-order valence-corrected chi connectivity index (χ0v) is 7.88. The Labute approximate surface area is 86.5 Å². The Morgan fingerprint density at radius 2 is 1.67 bits per heavy atom. The summed E-state index contributed by atoms with van der Waals surface area (Å²) < 4.78 is 0. The van der Waals surface area contributed by atoms with Crippen molar-refractivity contribution in [3.63, 3.8) is 0 Å². The minimum absolute atomic E-state index is 0.339. The van der Waals surface area contributed by atoms with Crippen LogP contribution in [0.2, 0.25) is 0 Å². The lowest BCUT2D eigenvalue weighted by Gasteiger charge is -2.11. The molecule has 78 valence electrons. The van der Waals surface area contributed by atoms with E-state index < -0.39 is 17.9 Å². The van der Waals surface area contributed by atoms with Gasteiger partial charge in [0.1, 0.15) is 5.92 Å². The maximum Gasteiger partial charge on any atom is 0.332 e. The van der Waals surface area contributed by atoms with Gasteiger partial charge in [0.25, 0.3) is 0 Å². The summed E-state index contributed by atoms with van der Waals surface area (Å²) in [6.45, 7) is 3.27. The van der Waals surface area contributed by atoms with Crippen molar-refractivity contribution in [3.05, 3.63) is 48.0 Å². The number of hydrogen-bond donors (Lipinski definition) is 2. The van der Waals surface area contributed by atoms with Crippen molar-refractivity contribution in [1.82, 2.24) is 0 Å². The molecule has 0 radical (unpaired) electrons. The number of carboxylic acids is 2. The molecule has 0 aliphatic rings. The molecule has 0 aromatic heterocycles. The number of benzene rings is 1. The molecule has 2 N–H and O–H groups in total. The Morgan fingerprint density at radius 3 is 2.07 bits per heavy atom. The van der Waals surface area contributed by atoms with Crippen molar-refractivity contribution >= 4 is 11.9 Å². The quantitative estimate of drug-likeness (QED) is 0.732. The van der Waals surface area contributed by atoms with Crippen molar-refractivity contribution in [1.29, 1.82) is 0 Å². The number of carbonyl (C=O) groups is 2. The highest BCUT2D eigenvalue weighted by atomic mass is 16.4. The van der Waals surface area contributed by atoms with Crippen molar-refractivity contribution in [3.8, 4) is 0 Å². The molecule has 0 aliphatic heterocycles. The third-order valence-corrected chi connectivity index (χ3v) is 2.00. The molecule has 0 amide bonds. The Kier molecular flexibility index (Phi) is 3.23. The lowest BCUT2D eigenvalue weighted by atomic mass is 9.92. The average Bonchev–Trinajstić information content (AvgIpc) is 2.18. The summed E-state index contributed by atoms with van der Waals surface area (Å²) in [4.78, 5) is 21.6. The summed E-state index contributed by atoms with van der Waals surface area (Å²) in [6, 6.07) is 8.16. The summed E-state index contributed by atoms with van der Waals surface area (Å²) in [5, 5.41) is 17.6. The molecule has 0 heterocycles. The zero-order valence-electron chi connectivity index (χ0n) is 7.88. The maximum atomic E-state index is 10.9. The first kappa shape index (κ1) is 11.0. The summed E-state index contributed by atoms with van der Waals surface area (Å²) >= 11 is 0. The highest BCUT2D eigenvalue weighted by Crippen LogP contribution is 2.23. The summed E-state index contributed by atoms with van der Waals surface area (Å²) in [7, 11) is 0. The molecule has 0 saturated carbocycles. The smallest absolute Gasteiger partial charge is 0.332 e. The molecule has 0 spiro atoms. The minimum Gasteiger partial charge on any atom is -0.481 e. The van der Waals surface area contributed by atoms with E-state index in [0.717, 1.165) is 0 Å². The first-order chi connectivity index (χ1) is 7.04. The molecule has 1 rings (SSSR count). The fourth-order valence-corrected chi connectivity index (χ4v) is 1.26. The van der Waals surface area contributed by atoms with Gasteiger partial charge < -0.3 is 10.2 Å². The summed E-state index contributed by atoms with van der Waals surface area (Å²) in [5.74, 6) is -3.71. The molecular weight excluding hydrogens is 196 g/mol. The molecule has 4 heteroatoms. The molecule has 0 saturated heterocycles. The van der Waals surface area contributed by atoms with Gasteiger partial charge >= 0.3 is 11.9 Å². The van der Waals surface area contributed by atoms with Crippen molar-refractivity contribution in [2.75, 3.05) is 0 Å². The van der Waals surface area contributed by atoms with Crippen LogP contribution in [0, 0.1) is 0 Å². The number of rotatable bonds is 4. The molecule has 0 fully saturated rings. The van der Waals surface area contributed by atoms with Crippen LogP contribution in [0.5, 0.6) is 0 Å². The van der Waals surface area contributed by atoms with Gasteiger partial charge in [-0.05, 0) is 5.56 Å². The minimum atomic E-state index is -1.30. The molecule has 0 aliphatic carbocycles. The van der Waals surface area contributed by atoms with Gasteiger partial charge in [0.15, 0.2) is 0 Å². The fraction of sp³-hybridized carbons (Fsp3) is 0.0909. The van der Waals surface area contributed by atoms with E-state index in [2.05, 4.69) is 6.58 Å². The van der Waals surface area contributed by atoms with E-state index in [0.29, 0.717) is 5.56 Å². The number of carboxylic acid groups (broad SMARTS) is 2. The molecule has 0 bridgehead atoms. The second kappa shape index (κ2) is 4.41. The predicted octanol–water partition coefficient (Wildman–Crippen LogP) is 1.50. The van der Waals surface area contributed by atoms with E-state index in [-0.39, 0.29) is 5.57 Å². The van der Waals surface area contributed by atoms with E-state index in [1.807, 2.05) is 0 Å². The van der Waals surface area contributed by atoms with Gasteiger partial charge in [-0.1, -0.05) is 36.9 Å². The second-order valence-corrected chi connectivity index (χ2v) is 3.01. The molecule has 1 atom stereocenters. The normalized spacial score (nSPS) is 11.7. The van der Waals surface area contributed by atoms with Crippen LogP contribution in [0.15, 0.2) is 42.5 Å². The molecule has 15 heavy (non-hydrogen) atoms. The van der Waals surface area contributed by atoms with Gasteiger partial charge in [-0.25, -0.2) is 4.79 Å². The van der Waals surface area contributed by atoms with E-state index in [9.17, 15) is 9.59 Å². The molecule has 1 unspecified atom stereocenters. The third-order valence-electron chi connectivity index (χ3n) is 2.00. The van der Waals surface area contributed by atoms with E-state index in [1.165, 1.54) is 0 Å². The van der Waals surface area contributed by atoms with Gasteiger partial charge in [0, 0.05) is 5.57 Å². The SMILES string of the molecule is C=C(C(=O)O)C(C(=O)O)c1ccccc1. The molecule has 4 nitrogen and oxygen atoms in total. The Morgan fingerprint density at radius 1 is 1.13 bits per heavy atom.